The van der Waals surface area contributed by atoms with Gasteiger partial charge in [-0.05, 0) is 42.0 Å². The molecule has 2 heterocycles. The van der Waals surface area contributed by atoms with Gasteiger partial charge in [0.15, 0.2) is 11.5 Å². The number of ether oxygens (including phenoxy) is 4. The normalized spacial score (nSPS) is 19.0. The van der Waals surface area contributed by atoms with Crippen LogP contribution in [0.3, 0.4) is 0 Å². The molecule has 6 heteroatoms. The molecular formula is C25H23NO4S. The number of hydrogen-bond acceptors (Lipinski definition) is 6. The maximum absolute atomic E-state index is 6.18. The summed E-state index contributed by atoms with van der Waals surface area (Å²) < 4.78 is 23.0. The molecule has 0 saturated carbocycles. The summed E-state index contributed by atoms with van der Waals surface area (Å²) in [6.45, 7) is 0.554. The van der Waals surface area contributed by atoms with E-state index in [0.29, 0.717) is 23.9 Å². The molecule has 0 N–H and O–H groups in total. The van der Waals surface area contributed by atoms with E-state index < -0.39 is 0 Å². The molecular weight excluding hydrogens is 410 g/mol. The average Bonchev–Trinajstić information content (AvgIpc) is 3.00. The van der Waals surface area contributed by atoms with Crippen LogP contribution in [0.1, 0.15) is 16.4 Å². The molecule has 2 aliphatic heterocycles. The van der Waals surface area contributed by atoms with Crippen LogP contribution in [0, 0.1) is 5.92 Å². The second-order valence-electron chi connectivity index (χ2n) is 7.38. The SMILES string of the molecule is COc1cc([C@@H]2Sc3ccccc3N=C3c4ccccc4OC[C@H]32)cc(OC)c1OC. The van der Waals surface area contributed by atoms with Crippen LogP contribution >= 0.6 is 11.8 Å². The Morgan fingerprint density at radius 2 is 1.61 bits per heavy atom. The minimum absolute atomic E-state index is 0.0597. The van der Waals surface area contributed by atoms with E-state index in [9.17, 15) is 0 Å². The highest BCUT2D eigenvalue weighted by Crippen LogP contribution is 2.52. The van der Waals surface area contributed by atoms with E-state index in [1.54, 1.807) is 33.1 Å². The van der Waals surface area contributed by atoms with E-state index in [4.69, 9.17) is 23.9 Å². The van der Waals surface area contributed by atoms with Gasteiger partial charge in [0.1, 0.15) is 5.75 Å². The molecule has 158 valence electrons. The first-order valence-corrected chi connectivity index (χ1v) is 11.0. The van der Waals surface area contributed by atoms with Gasteiger partial charge in [-0.2, -0.15) is 0 Å². The third kappa shape index (κ3) is 3.41. The number of aliphatic imine (C=N–C) groups is 1. The number of nitrogens with zero attached hydrogens (tertiary/aromatic N) is 1. The van der Waals surface area contributed by atoms with Crippen LogP contribution in [-0.2, 0) is 0 Å². The first-order valence-electron chi connectivity index (χ1n) is 10.1. The maximum Gasteiger partial charge on any atom is 0.203 e. The van der Waals surface area contributed by atoms with Gasteiger partial charge in [0, 0.05) is 15.7 Å². The second-order valence-corrected chi connectivity index (χ2v) is 8.56. The summed E-state index contributed by atoms with van der Waals surface area (Å²) in [5, 5.41) is 0.0597. The van der Waals surface area contributed by atoms with Crippen molar-refractivity contribution in [3.8, 4) is 23.0 Å². The van der Waals surface area contributed by atoms with Gasteiger partial charge >= 0.3 is 0 Å². The van der Waals surface area contributed by atoms with Crippen molar-refractivity contribution in [2.75, 3.05) is 27.9 Å². The molecule has 3 aromatic rings. The van der Waals surface area contributed by atoms with E-state index in [2.05, 4.69) is 24.3 Å². The lowest BCUT2D eigenvalue weighted by molar-refractivity contribution is 0.271. The van der Waals surface area contributed by atoms with Crippen LogP contribution < -0.4 is 18.9 Å². The number of para-hydroxylation sites is 2. The van der Waals surface area contributed by atoms with Gasteiger partial charge in [-0.3, -0.25) is 4.99 Å². The Labute approximate surface area is 186 Å². The largest absolute Gasteiger partial charge is 0.493 e. The molecule has 5 rings (SSSR count). The highest BCUT2D eigenvalue weighted by atomic mass is 32.2. The first kappa shape index (κ1) is 19.8. The molecule has 3 aromatic carbocycles. The van der Waals surface area contributed by atoms with Crippen molar-refractivity contribution < 1.29 is 18.9 Å². The molecule has 0 aliphatic carbocycles. The molecule has 0 saturated heterocycles. The number of rotatable bonds is 4. The highest BCUT2D eigenvalue weighted by Gasteiger charge is 2.38. The number of fused-ring (bicyclic) bond motifs is 4. The second kappa shape index (κ2) is 8.19. The Balaban J connectivity index is 1.70. The Morgan fingerprint density at radius 3 is 2.35 bits per heavy atom. The lowest BCUT2D eigenvalue weighted by atomic mass is 9.88. The minimum atomic E-state index is 0.0597. The lowest BCUT2D eigenvalue weighted by Gasteiger charge is -2.32. The van der Waals surface area contributed by atoms with Gasteiger partial charge < -0.3 is 18.9 Å². The van der Waals surface area contributed by atoms with Crippen molar-refractivity contribution in [2.24, 2.45) is 10.9 Å². The Morgan fingerprint density at radius 1 is 0.903 bits per heavy atom. The smallest absolute Gasteiger partial charge is 0.203 e. The third-order valence-corrected chi connectivity index (χ3v) is 7.13. The number of thioether (sulfide) groups is 1. The fourth-order valence-corrected chi connectivity index (χ4v) is 5.51. The van der Waals surface area contributed by atoms with Crippen LogP contribution in [0.25, 0.3) is 0 Å². The molecule has 0 spiro atoms. The van der Waals surface area contributed by atoms with E-state index in [1.165, 1.54) is 0 Å². The molecule has 0 bridgehead atoms. The topological polar surface area (TPSA) is 49.3 Å². The summed E-state index contributed by atoms with van der Waals surface area (Å²) in [4.78, 5) is 6.27. The van der Waals surface area contributed by atoms with E-state index in [-0.39, 0.29) is 11.2 Å². The van der Waals surface area contributed by atoms with Gasteiger partial charge in [-0.15, -0.1) is 11.8 Å². The van der Waals surface area contributed by atoms with Crippen molar-refractivity contribution in [3.05, 3.63) is 71.8 Å². The summed E-state index contributed by atoms with van der Waals surface area (Å²) >= 11 is 1.80. The van der Waals surface area contributed by atoms with Crippen molar-refractivity contribution in [3.63, 3.8) is 0 Å². The Kier molecular flexibility index (Phi) is 5.24. The van der Waals surface area contributed by atoms with E-state index in [0.717, 1.165) is 33.2 Å². The summed E-state index contributed by atoms with van der Waals surface area (Å²) in [5.74, 6) is 2.82. The molecule has 0 radical (unpaired) electrons. The zero-order valence-corrected chi connectivity index (χ0v) is 18.4. The number of benzene rings is 3. The first-order chi connectivity index (χ1) is 15.2. The Hall–Kier alpha value is -3.12. The van der Waals surface area contributed by atoms with E-state index >= 15 is 0 Å². The average molecular weight is 434 g/mol. The zero-order valence-electron chi connectivity index (χ0n) is 17.6. The Bertz CT molecular complexity index is 1130. The van der Waals surface area contributed by atoms with Gasteiger partial charge in [0.25, 0.3) is 0 Å². The van der Waals surface area contributed by atoms with Gasteiger partial charge in [0.05, 0.1) is 45.3 Å². The molecule has 31 heavy (non-hydrogen) atoms. The van der Waals surface area contributed by atoms with Crippen LogP contribution in [0.2, 0.25) is 0 Å². The third-order valence-electron chi connectivity index (χ3n) is 5.67. The molecule has 0 amide bonds. The van der Waals surface area contributed by atoms with Crippen LogP contribution in [-0.4, -0.2) is 33.6 Å². The van der Waals surface area contributed by atoms with Crippen molar-refractivity contribution in [1.29, 1.82) is 0 Å². The molecule has 0 unspecified atom stereocenters. The molecule has 0 aromatic heterocycles. The monoisotopic (exact) mass is 433 g/mol. The van der Waals surface area contributed by atoms with Gasteiger partial charge in [-0.1, -0.05) is 24.3 Å². The summed E-state index contributed by atoms with van der Waals surface area (Å²) in [6, 6.07) is 20.5. The predicted molar refractivity (Wildman–Crippen MR) is 123 cm³/mol. The maximum atomic E-state index is 6.18. The van der Waals surface area contributed by atoms with Crippen LogP contribution in [0.5, 0.6) is 23.0 Å². The quantitative estimate of drug-likeness (QED) is 0.529. The summed E-state index contributed by atoms with van der Waals surface area (Å²) in [6.07, 6.45) is 0. The highest BCUT2D eigenvalue weighted by molar-refractivity contribution is 7.99. The fourth-order valence-electron chi connectivity index (χ4n) is 4.20. The lowest BCUT2D eigenvalue weighted by Crippen LogP contribution is -2.31. The van der Waals surface area contributed by atoms with Crippen LogP contribution in [0.15, 0.2) is 70.6 Å². The number of hydrogen-bond donors (Lipinski definition) is 0. The summed E-state index contributed by atoms with van der Waals surface area (Å²) in [5.41, 5.74) is 4.17. The minimum Gasteiger partial charge on any atom is -0.493 e. The molecule has 2 aliphatic rings. The van der Waals surface area contributed by atoms with Gasteiger partial charge in [0.2, 0.25) is 5.75 Å². The van der Waals surface area contributed by atoms with E-state index in [1.807, 2.05) is 36.4 Å². The molecule has 0 fully saturated rings. The number of methoxy groups -OCH3 is 3. The zero-order chi connectivity index (χ0) is 21.4. The standard InChI is InChI=1S/C25H23NO4S/c1-27-20-12-15(13-21(28-2)24(20)29-3)25-17-14-30-19-10-6-4-8-16(19)23(17)26-18-9-5-7-11-22(18)31-25/h4-13,17,25H,14H2,1-3H3/t17-,25+/m1/s1. The predicted octanol–water partition coefficient (Wildman–Crippen LogP) is 5.69. The fraction of sp³-hybridized carbons (Fsp3) is 0.240. The molecule has 2 atom stereocenters. The van der Waals surface area contributed by atoms with Crippen molar-refractivity contribution in [1.82, 2.24) is 0 Å². The molecule has 5 nitrogen and oxygen atoms in total. The van der Waals surface area contributed by atoms with Gasteiger partial charge in [-0.25, -0.2) is 0 Å². The summed E-state index contributed by atoms with van der Waals surface area (Å²) in [7, 11) is 4.90. The van der Waals surface area contributed by atoms with Crippen LogP contribution in [0.4, 0.5) is 5.69 Å². The van der Waals surface area contributed by atoms with Crippen molar-refractivity contribution >= 4 is 23.2 Å². The van der Waals surface area contributed by atoms with Crippen molar-refractivity contribution in [2.45, 2.75) is 10.1 Å².